The van der Waals surface area contributed by atoms with Crippen LogP contribution < -0.4 is 4.72 Å². The predicted molar refractivity (Wildman–Crippen MR) is 73.0 cm³/mol. The van der Waals surface area contributed by atoms with Gasteiger partial charge in [0, 0.05) is 11.9 Å². The maximum absolute atomic E-state index is 11.8. The Morgan fingerprint density at radius 3 is 2.29 bits per heavy atom. The highest BCUT2D eigenvalue weighted by atomic mass is 35.5. The summed E-state index contributed by atoms with van der Waals surface area (Å²) in [4.78, 5) is 0. The van der Waals surface area contributed by atoms with Gasteiger partial charge in [0.1, 0.15) is 0 Å². The van der Waals surface area contributed by atoms with Crippen LogP contribution in [0.1, 0.15) is 57.8 Å². The zero-order chi connectivity index (χ0) is 12.6. The number of alkyl halides is 1. The van der Waals surface area contributed by atoms with Crippen molar-refractivity contribution in [2.75, 3.05) is 11.6 Å². The molecule has 1 aliphatic carbocycles. The Morgan fingerprint density at radius 1 is 1.00 bits per heavy atom. The van der Waals surface area contributed by atoms with E-state index >= 15 is 0 Å². The van der Waals surface area contributed by atoms with Gasteiger partial charge in [-0.25, -0.2) is 13.1 Å². The van der Waals surface area contributed by atoms with Gasteiger partial charge in [-0.15, -0.1) is 11.6 Å². The van der Waals surface area contributed by atoms with Gasteiger partial charge < -0.3 is 0 Å². The van der Waals surface area contributed by atoms with Crippen molar-refractivity contribution in [3.05, 3.63) is 0 Å². The van der Waals surface area contributed by atoms with E-state index in [1.807, 2.05) is 0 Å². The average molecular weight is 282 g/mol. The molecular formula is C12H24ClNO2S. The molecule has 0 heterocycles. The maximum Gasteiger partial charge on any atom is 0.211 e. The van der Waals surface area contributed by atoms with Gasteiger partial charge in [-0.2, -0.15) is 0 Å². The second-order valence-corrected chi connectivity index (χ2v) is 7.13. The Labute approximate surface area is 110 Å². The minimum Gasteiger partial charge on any atom is -0.212 e. The Morgan fingerprint density at radius 2 is 1.65 bits per heavy atom. The molecule has 1 N–H and O–H groups in total. The van der Waals surface area contributed by atoms with Gasteiger partial charge in [-0.05, 0) is 25.7 Å². The fraction of sp³-hybridized carbons (Fsp3) is 1.00. The molecule has 0 atom stereocenters. The maximum atomic E-state index is 11.8. The van der Waals surface area contributed by atoms with E-state index in [-0.39, 0.29) is 11.8 Å². The van der Waals surface area contributed by atoms with Crippen LogP contribution in [-0.4, -0.2) is 26.1 Å². The lowest BCUT2D eigenvalue weighted by atomic mass is 9.96. The van der Waals surface area contributed by atoms with Crippen LogP contribution >= 0.6 is 11.6 Å². The predicted octanol–water partition coefficient (Wildman–Crippen LogP) is 3.04. The van der Waals surface area contributed by atoms with Crippen LogP contribution in [0.5, 0.6) is 0 Å². The minimum atomic E-state index is -3.05. The molecular weight excluding hydrogens is 258 g/mol. The van der Waals surface area contributed by atoms with Gasteiger partial charge in [0.15, 0.2) is 0 Å². The number of hydrogen-bond donors (Lipinski definition) is 1. The summed E-state index contributed by atoms with van der Waals surface area (Å²) in [6.45, 7) is 0. The molecule has 0 saturated heterocycles. The second kappa shape index (κ2) is 8.33. The fourth-order valence-corrected chi connectivity index (χ4v) is 3.91. The smallest absolute Gasteiger partial charge is 0.211 e. The van der Waals surface area contributed by atoms with Crippen molar-refractivity contribution in [3.63, 3.8) is 0 Å². The van der Waals surface area contributed by atoms with Crippen LogP contribution in [-0.2, 0) is 10.0 Å². The number of unbranched alkanes of at least 4 members (excludes halogenated alkanes) is 3. The fourth-order valence-electron chi connectivity index (χ4n) is 2.27. The van der Waals surface area contributed by atoms with Crippen LogP contribution in [0.2, 0.25) is 0 Å². The first kappa shape index (κ1) is 15.3. The van der Waals surface area contributed by atoms with Crippen LogP contribution in [0.15, 0.2) is 0 Å². The van der Waals surface area contributed by atoms with Crippen molar-refractivity contribution in [1.29, 1.82) is 0 Å². The van der Waals surface area contributed by atoms with Crippen molar-refractivity contribution in [1.82, 2.24) is 4.72 Å². The number of sulfonamides is 1. The SMILES string of the molecule is O=S(=O)(CCCCCCCl)NC1CCCCC1. The van der Waals surface area contributed by atoms with Crippen molar-refractivity contribution < 1.29 is 8.42 Å². The van der Waals surface area contributed by atoms with Crippen molar-refractivity contribution in [3.8, 4) is 0 Å². The third kappa shape index (κ3) is 7.27. The zero-order valence-electron chi connectivity index (χ0n) is 10.5. The Bertz CT molecular complexity index is 287. The molecule has 102 valence electrons. The van der Waals surface area contributed by atoms with E-state index in [4.69, 9.17) is 11.6 Å². The van der Waals surface area contributed by atoms with Crippen molar-refractivity contribution in [2.45, 2.75) is 63.8 Å². The van der Waals surface area contributed by atoms with E-state index < -0.39 is 10.0 Å². The number of halogens is 1. The molecule has 0 aromatic heterocycles. The molecule has 0 unspecified atom stereocenters. The molecule has 0 aliphatic heterocycles. The Balaban J connectivity index is 2.16. The molecule has 0 spiro atoms. The lowest BCUT2D eigenvalue weighted by Crippen LogP contribution is -2.37. The van der Waals surface area contributed by atoms with Gasteiger partial charge in [-0.3, -0.25) is 0 Å². The molecule has 5 heteroatoms. The van der Waals surface area contributed by atoms with E-state index in [0.717, 1.165) is 51.4 Å². The molecule has 1 rings (SSSR count). The molecule has 0 aromatic rings. The summed E-state index contributed by atoms with van der Waals surface area (Å²) in [5.74, 6) is 0.943. The first-order chi connectivity index (χ1) is 8.14. The van der Waals surface area contributed by atoms with Gasteiger partial charge in [0.25, 0.3) is 0 Å². The third-order valence-electron chi connectivity index (χ3n) is 3.25. The summed E-state index contributed by atoms with van der Waals surface area (Å²) in [6.07, 6.45) is 9.29. The highest BCUT2D eigenvalue weighted by molar-refractivity contribution is 7.89. The Hall–Kier alpha value is 0.200. The summed E-state index contributed by atoms with van der Waals surface area (Å²) in [6, 6.07) is 0.191. The lowest BCUT2D eigenvalue weighted by Gasteiger charge is -2.22. The van der Waals surface area contributed by atoms with Crippen LogP contribution in [0, 0.1) is 0 Å². The van der Waals surface area contributed by atoms with Crippen molar-refractivity contribution >= 4 is 21.6 Å². The summed E-state index contributed by atoms with van der Waals surface area (Å²) < 4.78 is 26.4. The zero-order valence-corrected chi connectivity index (χ0v) is 12.0. The molecule has 0 bridgehead atoms. The van der Waals surface area contributed by atoms with Gasteiger partial charge >= 0.3 is 0 Å². The molecule has 0 aromatic carbocycles. The topological polar surface area (TPSA) is 46.2 Å². The van der Waals surface area contributed by atoms with E-state index in [2.05, 4.69) is 4.72 Å². The first-order valence-electron chi connectivity index (χ1n) is 6.70. The molecule has 1 saturated carbocycles. The van der Waals surface area contributed by atoms with Crippen LogP contribution in [0.3, 0.4) is 0 Å². The van der Waals surface area contributed by atoms with E-state index in [9.17, 15) is 8.42 Å². The quantitative estimate of drug-likeness (QED) is 0.549. The Kier molecular flexibility index (Phi) is 7.47. The third-order valence-corrected chi connectivity index (χ3v) is 5.03. The normalized spacial score (nSPS) is 18.4. The standard InChI is InChI=1S/C12H24ClNO2S/c13-10-6-1-2-7-11-17(15,16)14-12-8-4-3-5-9-12/h12,14H,1-11H2. The number of nitrogens with one attached hydrogen (secondary N) is 1. The number of rotatable bonds is 8. The van der Waals surface area contributed by atoms with E-state index in [0.29, 0.717) is 5.88 Å². The highest BCUT2D eigenvalue weighted by Gasteiger charge is 2.19. The molecule has 3 nitrogen and oxygen atoms in total. The average Bonchev–Trinajstić information content (AvgIpc) is 2.29. The second-order valence-electron chi connectivity index (χ2n) is 4.87. The monoisotopic (exact) mass is 281 g/mol. The van der Waals surface area contributed by atoms with E-state index in [1.54, 1.807) is 0 Å². The van der Waals surface area contributed by atoms with Gasteiger partial charge in [0.2, 0.25) is 10.0 Å². The van der Waals surface area contributed by atoms with Crippen molar-refractivity contribution in [2.24, 2.45) is 0 Å². The van der Waals surface area contributed by atoms with Crippen LogP contribution in [0.25, 0.3) is 0 Å². The minimum absolute atomic E-state index is 0.191. The summed E-state index contributed by atoms with van der Waals surface area (Å²) in [5, 5.41) is 0. The summed E-state index contributed by atoms with van der Waals surface area (Å²) >= 11 is 5.57. The molecule has 1 fully saturated rings. The van der Waals surface area contributed by atoms with E-state index in [1.165, 1.54) is 6.42 Å². The summed E-state index contributed by atoms with van der Waals surface area (Å²) in [7, 11) is -3.05. The molecule has 17 heavy (non-hydrogen) atoms. The number of hydrogen-bond acceptors (Lipinski definition) is 2. The largest absolute Gasteiger partial charge is 0.212 e. The first-order valence-corrected chi connectivity index (χ1v) is 8.89. The van der Waals surface area contributed by atoms with Gasteiger partial charge in [0.05, 0.1) is 5.75 Å². The highest BCUT2D eigenvalue weighted by Crippen LogP contribution is 2.18. The molecule has 0 radical (unpaired) electrons. The lowest BCUT2D eigenvalue weighted by molar-refractivity contribution is 0.411. The van der Waals surface area contributed by atoms with Crippen LogP contribution in [0.4, 0.5) is 0 Å². The summed E-state index contributed by atoms with van der Waals surface area (Å²) in [5.41, 5.74) is 0. The molecule has 1 aliphatic rings. The molecule has 0 amide bonds. The van der Waals surface area contributed by atoms with Gasteiger partial charge in [-0.1, -0.05) is 32.1 Å².